The first kappa shape index (κ1) is 49.7. The number of phenolic OH excluding ortho intramolecular Hbond substituents is 4. The van der Waals surface area contributed by atoms with E-state index < -0.39 is 0 Å². The standard InChI is InChI=1S/C32H18N8O4.C13H20.4Ar/c41-13-1-5-17-21(9-13)29-33-25(17)37-30-22-10-14(42)2-6-18(22)27(34-30)39-32-24-12-16(44)4-8-20(24)28(36-32)40-31-23-11-15(43)3-7-19(23)26(35-31)38-29;1-9(2)12-7-6-8-13(10(3)4)11(12)5;;;;/h1-12,41-44H,(H2,33,34,35,36,37,38,39,40);6-10H,1-5H3;;;;. The molecule has 8 bridgehead atoms. The molecule has 5 aromatic carbocycles. The summed E-state index contributed by atoms with van der Waals surface area (Å²) < 4.78 is 0. The Morgan fingerprint density at radius 3 is 1.10 bits per heavy atom. The fourth-order valence-corrected chi connectivity index (χ4v) is 7.67. The number of H-pyrrole nitrogens is 2. The van der Waals surface area contributed by atoms with Crippen LogP contribution in [0.5, 0.6) is 23.0 Å². The van der Waals surface area contributed by atoms with Gasteiger partial charge in [0.05, 0.1) is 0 Å². The average molecular weight is 915 g/mol. The summed E-state index contributed by atoms with van der Waals surface area (Å²) in [6.07, 6.45) is 0. The molecule has 61 heavy (non-hydrogen) atoms. The first-order valence-electron chi connectivity index (χ1n) is 18.7. The molecule has 0 saturated heterocycles. The molecule has 0 atom stereocenters. The molecular weight excluding hydrogens is 876 g/mol. The summed E-state index contributed by atoms with van der Waals surface area (Å²) in [5.41, 5.74) is 8.55. The molecule has 0 fully saturated rings. The third kappa shape index (κ3) is 9.72. The van der Waals surface area contributed by atoms with E-state index in [9.17, 15) is 20.4 Å². The molecule has 12 nitrogen and oxygen atoms in total. The number of benzene rings is 5. The topological polar surface area (TPSA) is 190 Å². The van der Waals surface area contributed by atoms with E-state index >= 15 is 0 Å². The van der Waals surface area contributed by atoms with Gasteiger partial charge in [-0.25, -0.2) is 29.9 Å². The Balaban J connectivity index is 0.000000361. The van der Waals surface area contributed by atoms with Crippen molar-refractivity contribution < 1.29 is 171 Å². The predicted molar refractivity (Wildman–Crippen MR) is 222 cm³/mol. The molecule has 5 heterocycles. The third-order valence-corrected chi connectivity index (χ3v) is 10.4. The molecule has 16 heteroatoms. The number of aromatic hydroxyl groups is 4. The maximum absolute atomic E-state index is 10.3. The van der Waals surface area contributed by atoms with Crippen LogP contribution in [0.2, 0.25) is 0 Å². The van der Waals surface area contributed by atoms with Gasteiger partial charge in [0.25, 0.3) is 0 Å². The second-order valence-electron chi connectivity index (χ2n) is 14.9. The first-order chi connectivity index (χ1) is 27.4. The zero-order valence-electron chi connectivity index (χ0n) is 33.2. The van der Waals surface area contributed by atoms with Gasteiger partial charge < -0.3 is 30.4 Å². The summed E-state index contributed by atoms with van der Waals surface area (Å²) >= 11 is 0. The second-order valence-corrected chi connectivity index (χ2v) is 14.9. The van der Waals surface area contributed by atoms with Crippen molar-refractivity contribution >= 4 is 44.1 Å². The van der Waals surface area contributed by atoms with Gasteiger partial charge in [-0.2, -0.15) is 0 Å². The molecule has 6 N–H and O–H groups in total. The quantitative estimate of drug-likeness (QED) is 0.0974. The molecule has 314 valence electrons. The molecule has 0 radical (unpaired) electrons. The molecule has 0 aliphatic carbocycles. The third-order valence-electron chi connectivity index (χ3n) is 10.4. The number of phenols is 4. The summed E-state index contributed by atoms with van der Waals surface area (Å²) in [6.45, 7) is 11.3. The van der Waals surface area contributed by atoms with Crippen molar-refractivity contribution in [3.05, 3.63) is 108 Å². The normalized spacial score (nSPS) is 11.1. The molecular formula is C45H38Ar4N8O4. The van der Waals surface area contributed by atoms with E-state index in [1.165, 1.54) is 16.7 Å². The second kappa shape index (κ2) is 20.3. The van der Waals surface area contributed by atoms with Crippen molar-refractivity contribution in [2.75, 3.05) is 0 Å². The number of aromatic amines is 2. The predicted octanol–water partition coefficient (Wildman–Crippen LogP) is 9.93. The Kier molecular flexibility index (Phi) is 16.5. The summed E-state index contributed by atoms with van der Waals surface area (Å²) in [6, 6.07) is 26.1. The van der Waals surface area contributed by atoms with E-state index in [0.29, 0.717) is 102 Å². The van der Waals surface area contributed by atoms with Gasteiger partial charge in [-0.15, -0.1) is 0 Å². The Morgan fingerprint density at radius 2 is 0.721 bits per heavy atom. The first-order valence-corrected chi connectivity index (χ1v) is 18.7. The van der Waals surface area contributed by atoms with Gasteiger partial charge in [-0.3, -0.25) is 0 Å². The molecule has 10 rings (SSSR count). The van der Waals surface area contributed by atoms with E-state index in [2.05, 4.69) is 62.8 Å². The summed E-state index contributed by atoms with van der Waals surface area (Å²) in [7, 11) is 0. The Labute approximate surface area is 470 Å². The minimum atomic E-state index is 0. The maximum Gasteiger partial charge on any atom is 0.164 e. The van der Waals surface area contributed by atoms with E-state index in [0.717, 1.165) is 0 Å². The van der Waals surface area contributed by atoms with Gasteiger partial charge in [0.2, 0.25) is 0 Å². The molecule has 8 aromatic rings. The largest absolute Gasteiger partial charge is 0.508 e. The molecule has 0 amide bonds. The van der Waals surface area contributed by atoms with Crippen LogP contribution in [-0.2, 0) is 0 Å². The SMILES string of the molecule is Cc1c(C(C)C)cccc1C(C)C.Oc1ccc2c(c1)-c1nc-2nc2[nH]c(nc3nc(nc4[nH]c(n1)c1ccc(O)cc41)-c1ccc(O)cc1-3)c1ccc(O)cc21.[Ar].[Ar].[Ar].[Ar]. The van der Waals surface area contributed by atoms with Gasteiger partial charge in [0, 0.05) is 195 Å². The number of nitrogens with one attached hydrogen (secondary N) is 2. The van der Waals surface area contributed by atoms with Crippen molar-refractivity contribution in [1.82, 2.24) is 39.9 Å². The maximum atomic E-state index is 10.3. The van der Waals surface area contributed by atoms with E-state index in [4.69, 9.17) is 29.9 Å². The van der Waals surface area contributed by atoms with Crippen LogP contribution < -0.4 is 0 Å². The van der Waals surface area contributed by atoms with Crippen LogP contribution in [0.1, 0.15) is 56.2 Å². The molecule has 0 saturated carbocycles. The summed E-state index contributed by atoms with van der Waals surface area (Å²) in [4.78, 5) is 35.4. The number of nitrogens with zero attached hydrogens (tertiary/aromatic N) is 6. The van der Waals surface area contributed by atoms with Crippen LogP contribution >= 0.6 is 0 Å². The van der Waals surface area contributed by atoms with Crippen LogP contribution in [0.4, 0.5) is 0 Å². The molecule has 0 unspecified atom stereocenters. The fourth-order valence-electron chi connectivity index (χ4n) is 7.67. The number of hydrogen-bond donors (Lipinski definition) is 6. The molecule has 2 aliphatic rings. The smallest absolute Gasteiger partial charge is 0.164 e. The van der Waals surface area contributed by atoms with E-state index in [1.807, 2.05) is 0 Å². The number of aromatic nitrogens is 8. The summed E-state index contributed by atoms with van der Waals surface area (Å²) in [5, 5.41) is 43.9. The minimum Gasteiger partial charge on any atom is -0.508 e. The van der Waals surface area contributed by atoms with Crippen molar-refractivity contribution in [3.8, 4) is 68.5 Å². The monoisotopic (exact) mass is 914 g/mol. The van der Waals surface area contributed by atoms with Crippen molar-refractivity contribution in [2.24, 2.45) is 0 Å². The van der Waals surface area contributed by atoms with Crippen LogP contribution in [0.25, 0.3) is 89.7 Å². The van der Waals surface area contributed by atoms with Crippen molar-refractivity contribution in [2.45, 2.75) is 46.5 Å². The Morgan fingerprint density at radius 1 is 0.393 bits per heavy atom. The van der Waals surface area contributed by atoms with Gasteiger partial charge in [-0.1, -0.05) is 45.9 Å². The van der Waals surface area contributed by atoms with Crippen LogP contribution in [-0.4, -0.2) is 60.3 Å². The zero-order valence-corrected chi connectivity index (χ0v) is 36.0. The van der Waals surface area contributed by atoms with E-state index in [1.54, 1.807) is 72.8 Å². The summed E-state index contributed by atoms with van der Waals surface area (Å²) in [5.74, 6) is 2.76. The minimum absolute atomic E-state index is 0. The molecule has 3 aromatic heterocycles. The van der Waals surface area contributed by atoms with Crippen LogP contribution in [0.15, 0.2) is 91.0 Å². The zero-order chi connectivity index (χ0) is 39.7. The molecule has 0 spiro atoms. The Bertz CT molecular complexity index is 2930. The number of fused-ring (bicyclic) bond motifs is 20. The van der Waals surface area contributed by atoms with Crippen molar-refractivity contribution in [3.63, 3.8) is 0 Å². The Hall–Kier alpha value is -2.30. The van der Waals surface area contributed by atoms with Crippen LogP contribution in [0.3, 0.4) is 0 Å². The average Bonchev–Trinajstić information content (AvgIpc) is 3.89. The van der Waals surface area contributed by atoms with E-state index in [-0.39, 0.29) is 174 Å². The van der Waals surface area contributed by atoms with Crippen LogP contribution in [0, 0.1) is 158 Å². The fraction of sp³-hybridized carbons (Fsp3) is 0.156. The molecule has 2 aliphatic heterocycles. The van der Waals surface area contributed by atoms with Gasteiger partial charge in [0.1, 0.15) is 45.6 Å². The van der Waals surface area contributed by atoms with Gasteiger partial charge in [-0.05, 0) is 108 Å². The number of hydrogen-bond acceptors (Lipinski definition) is 10. The van der Waals surface area contributed by atoms with Crippen molar-refractivity contribution in [1.29, 1.82) is 0 Å². The number of rotatable bonds is 2. The van der Waals surface area contributed by atoms with Gasteiger partial charge in [0.15, 0.2) is 23.3 Å². The van der Waals surface area contributed by atoms with Gasteiger partial charge >= 0.3 is 0 Å².